The SMILES string of the molecule is c1ccc(Cc2cc(-c3ccccn3)nnc2-c2ccccn2)cc1. The summed E-state index contributed by atoms with van der Waals surface area (Å²) in [6, 6.07) is 24.0. The lowest BCUT2D eigenvalue weighted by Crippen LogP contribution is -2.01. The van der Waals surface area contributed by atoms with E-state index < -0.39 is 0 Å². The van der Waals surface area contributed by atoms with Crippen LogP contribution in [0.2, 0.25) is 0 Å². The predicted molar refractivity (Wildman–Crippen MR) is 97.7 cm³/mol. The minimum atomic E-state index is 0.766. The van der Waals surface area contributed by atoms with Crippen LogP contribution in [0.15, 0.2) is 85.2 Å². The van der Waals surface area contributed by atoms with Crippen LogP contribution in [0.25, 0.3) is 22.8 Å². The van der Waals surface area contributed by atoms with E-state index in [2.05, 4.69) is 38.4 Å². The molecule has 4 aromatic rings. The third-order valence-corrected chi connectivity index (χ3v) is 3.95. The fourth-order valence-electron chi connectivity index (χ4n) is 2.74. The molecule has 0 atom stereocenters. The molecule has 4 heteroatoms. The number of rotatable bonds is 4. The second kappa shape index (κ2) is 7.01. The lowest BCUT2D eigenvalue weighted by atomic mass is 10.0. The van der Waals surface area contributed by atoms with Gasteiger partial charge in [0.2, 0.25) is 0 Å². The van der Waals surface area contributed by atoms with Gasteiger partial charge >= 0.3 is 0 Å². The van der Waals surface area contributed by atoms with Crippen molar-refractivity contribution in [1.29, 1.82) is 0 Å². The zero-order valence-corrected chi connectivity index (χ0v) is 13.6. The van der Waals surface area contributed by atoms with Crippen LogP contribution in [0, 0.1) is 0 Å². The summed E-state index contributed by atoms with van der Waals surface area (Å²) >= 11 is 0. The van der Waals surface area contributed by atoms with Crippen LogP contribution in [-0.2, 0) is 6.42 Å². The van der Waals surface area contributed by atoms with Crippen LogP contribution in [0.4, 0.5) is 0 Å². The maximum Gasteiger partial charge on any atom is 0.115 e. The minimum Gasteiger partial charge on any atom is -0.255 e. The second-order valence-corrected chi connectivity index (χ2v) is 5.70. The number of aromatic nitrogens is 4. The highest BCUT2D eigenvalue weighted by Crippen LogP contribution is 2.25. The van der Waals surface area contributed by atoms with Gasteiger partial charge in [-0.05, 0) is 47.9 Å². The Balaban J connectivity index is 1.81. The normalized spacial score (nSPS) is 10.6. The second-order valence-electron chi connectivity index (χ2n) is 5.70. The lowest BCUT2D eigenvalue weighted by Gasteiger charge is -2.10. The number of nitrogens with zero attached hydrogens (tertiary/aromatic N) is 4. The molecule has 0 spiro atoms. The van der Waals surface area contributed by atoms with Crippen LogP contribution >= 0.6 is 0 Å². The third kappa shape index (κ3) is 3.43. The van der Waals surface area contributed by atoms with Crippen molar-refractivity contribution in [3.63, 3.8) is 0 Å². The van der Waals surface area contributed by atoms with Crippen molar-refractivity contribution < 1.29 is 0 Å². The summed E-state index contributed by atoms with van der Waals surface area (Å²) in [7, 11) is 0. The van der Waals surface area contributed by atoms with Crippen LogP contribution in [0.3, 0.4) is 0 Å². The summed E-state index contributed by atoms with van der Waals surface area (Å²) in [6.45, 7) is 0. The Morgan fingerprint density at radius 3 is 1.96 bits per heavy atom. The highest BCUT2D eigenvalue weighted by molar-refractivity contribution is 5.63. The number of pyridine rings is 2. The first-order chi connectivity index (χ1) is 12.4. The fraction of sp³-hybridized carbons (Fsp3) is 0.0476. The van der Waals surface area contributed by atoms with E-state index in [0.29, 0.717) is 0 Å². The molecule has 0 radical (unpaired) electrons. The maximum absolute atomic E-state index is 4.47. The number of hydrogen-bond donors (Lipinski definition) is 0. The Bertz CT molecular complexity index is 955. The predicted octanol–water partition coefficient (Wildman–Crippen LogP) is 4.19. The molecule has 0 saturated carbocycles. The average Bonchev–Trinajstić information content (AvgIpc) is 2.70. The molecule has 0 bridgehead atoms. The van der Waals surface area contributed by atoms with Crippen LogP contribution in [-0.4, -0.2) is 20.2 Å². The van der Waals surface area contributed by atoms with Gasteiger partial charge < -0.3 is 0 Å². The van der Waals surface area contributed by atoms with Crippen molar-refractivity contribution in [2.75, 3.05) is 0 Å². The summed E-state index contributed by atoms with van der Waals surface area (Å²) < 4.78 is 0. The maximum atomic E-state index is 4.47. The molecule has 4 nitrogen and oxygen atoms in total. The zero-order chi connectivity index (χ0) is 16.9. The molecule has 0 unspecified atom stereocenters. The van der Waals surface area contributed by atoms with E-state index in [1.165, 1.54) is 5.56 Å². The van der Waals surface area contributed by atoms with Crippen molar-refractivity contribution in [2.24, 2.45) is 0 Å². The molecule has 4 rings (SSSR count). The van der Waals surface area contributed by atoms with Crippen molar-refractivity contribution in [3.8, 4) is 22.8 Å². The molecule has 3 heterocycles. The topological polar surface area (TPSA) is 51.6 Å². The van der Waals surface area contributed by atoms with Gasteiger partial charge in [0.05, 0.1) is 11.4 Å². The molecule has 120 valence electrons. The van der Waals surface area contributed by atoms with Gasteiger partial charge in [-0.1, -0.05) is 42.5 Å². The Morgan fingerprint density at radius 2 is 1.28 bits per heavy atom. The third-order valence-electron chi connectivity index (χ3n) is 3.95. The van der Waals surface area contributed by atoms with E-state index in [-0.39, 0.29) is 0 Å². The first-order valence-electron chi connectivity index (χ1n) is 8.13. The minimum absolute atomic E-state index is 0.766. The van der Waals surface area contributed by atoms with E-state index in [4.69, 9.17) is 0 Å². The Labute approximate surface area is 146 Å². The largest absolute Gasteiger partial charge is 0.255 e. The van der Waals surface area contributed by atoms with Gasteiger partial charge in [0, 0.05) is 12.4 Å². The summed E-state index contributed by atoms with van der Waals surface area (Å²) in [5.74, 6) is 0. The zero-order valence-electron chi connectivity index (χ0n) is 13.6. The van der Waals surface area contributed by atoms with Crippen molar-refractivity contribution >= 4 is 0 Å². The molecule has 25 heavy (non-hydrogen) atoms. The first kappa shape index (κ1) is 15.1. The average molecular weight is 324 g/mol. The summed E-state index contributed by atoms with van der Waals surface area (Å²) in [4.78, 5) is 8.82. The van der Waals surface area contributed by atoms with Gasteiger partial charge in [-0.25, -0.2) is 0 Å². The van der Waals surface area contributed by atoms with Gasteiger partial charge in [-0.2, -0.15) is 0 Å². The summed E-state index contributed by atoms with van der Waals surface area (Å²) in [6.07, 6.45) is 4.30. The Morgan fingerprint density at radius 1 is 0.600 bits per heavy atom. The Kier molecular flexibility index (Phi) is 4.25. The Hall–Kier alpha value is -3.40. The molecule has 0 fully saturated rings. The van der Waals surface area contributed by atoms with Gasteiger partial charge in [0.1, 0.15) is 11.4 Å². The van der Waals surface area contributed by atoms with Crippen LogP contribution in [0.5, 0.6) is 0 Å². The first-order valence-corrected chi connectivity index (χ1v) is 8.13. The molecule has 1 aromatic carbocycles. The van der Waals surface area contributed by atoms with E-state index in [9.17, 15) is 0 Å². The molecular formula is C21H16N4. The molecular weight excluding hydrogens is 308 g/mol. The highest BCUT2D eigenvalue weighted by atomic mass is 15.1. The molecule has 0 N–H and O–H groups in total. The van der Waals surface area contributed by atoms with Crippen LogP contribution in [0.1, 0.15) is 11.1 Å². The molecule has 3 aromatic heterocycles. The van der Waals surface area contributed by atoms with Crippen molar-refractivity contribution in [2.45, 2.75) is 6.42 Å². The van der Waals surface area contributed by atoms with Crippen LogP contribution < -0.4 is 0 Å². The standard InChI is InChI=1S/C21H16N4/c1-2-8-16(9-3-1)14-17-15-20(18-10-4-6-12-22-18)24-25-21(17)19-11-5-7-13-23-19/h1-13,15H,14H2. The molecule has 0 aliphatic rings. The van der Waals surface area contributed by atoms with E-state index in [1.54, 1.807) is 12.4 Å². The molecule has 0 amide bonds. The smallest absolute Gasteiger partial charge is 0.115 e. The van der Waals surface area contributed by atoms with Crippen molar-refractivity contribution in [3.05, 3.63) is 96.3 Å². The number of hydrogen-bond acceptors (Lipinski definition) is 4. The van der Waals surface area contributed by atoms with Crippen molar-refractivity contribution in [1.82, 2.24) is 20.2 Å². The lowest BCUT2D eigenvalue weighted by molar-refractivity contribution is 0.993. The van der Waals surface area contributed by atoms with Gasteiger partial charge in [-0.3, -0.25) is 9.97 Å². The molecule has 0 saturated heterocycles. The molecule has 0 aliphatic carbocycles. The van der Waals surface area contributed by atoms with E-state index >= 15 is 0 Å². The quantitative estimate of drug-likeness (QED) is 0.565. The molecule has 0 aliphatic heterocycles. The van der Waals surface area contributed by atoms with Gasteiger partial charge in [0.15, 0.2) is 0 Å². The van der Waals surface area contributed by atoms with E-state index in [0.717, 1.165) is 34.8 Å². The number of benzene rings is 1. The summed E-state index contributed by atoms with van der Waals surface area (Å²) in [5.41, 5.74) is 5.53. The van der Waals surface area contributed by atoms with Gasteiger partial charge in [0.25, 0.3) is 0 Å². The summed E-state index contributed by atoms with van der Waals surface area (Å²) in [5, 5.41) is 8.84. The van der Waals surface area contributed by atoms with Gasteiger partial charge in [-0.15, -0.1) is 10.2 Å². The fourth-order valence-corrected chi connectivity index (χ4v) is 2.74. The monoisotopic (exact) mass is 324 g/mol. The van der Waals surface area contributed by atoms with E-state index in [1.807, 2.05) is 54.6 Å². The highest BCUT2D eigenvalue weighted by Gasteiger charge is 2.12.